The number of carbonyl (C=O) groups is 3. The van der Waals surface area contributed by atoms with Gasteiger partial charge in [-0.3, -0.25) is 4.79 Å². The van der Waals surface area contributed by atoms with Gasteiger partial charge in [-0.25, -0.2) is 9.59 Å². The lowest BCUT2D eigenvalue weighted by Gasteiger charge is -2.24. The van der Waals surface area contributed by atoms with E-state index in [0.29, 0.717) is 11.1 Å². The Bertz CT molecular complexity index is 613. The number of hydrogen-bond acceptors (Lipinski definition) is 3. The highest BCUT2D eigenvalue weighted by Crippen LogP contribution is 2.36. The maximum absolute atomic E-state index is 11.3. The number of fused-ring (bicyclic) bond motifs is 1. The summed E-state index contributed by atoms with van der Waals surface area (Å²) < 4.78 is 0. The van der Waals surface area contributed by atoms with Crippen LogP contribution in [0.1, 0.15) is 17.0 Å². The van der Waals surface area contributed by atoms with Gasteiger partial charge in [0.05, 0.1) is 11.1 Å². The second-order valence-electron chi connectivity index (χ2n) is 4.15. The van der Waals surface area contributed by atoms with Gasteiger partial charge in [-0.15, -0.1) is 0 Å². The van der Waals surface area contributed by atoms with E-state index < -0.39 is 29.4 Å². The minimum Gasteiger partial charge on any atom is -0.481 e. The first-order valence-corrected chi connectivity index (χ1v) is 5.43. The Morgan fingerprint density at radius 2 is 1.63 bits per heavy atom. The van der Waals surface area contributed by atoms with E-state index in [-0.39, 0.29) is 12.0 Å². The van der Waals surface area contributed by atoms with E-state index in [0.717, 1.165) is 0 Å². The maximum atomic E-state index is 11.3. The Morgan fingerprint density at radius 3 is 2.16 bits per heavy atom. The van der Waals surface area contributed by atoms with Crippen molar-refractivity contribution in [3.05, 3.63) is 46.5 Å². The van der Waals surface area contributed by atoms with E-state index in [1.165, 1.54) is 6.07 Å². The zero-order valence-corrected chi connectivity index (χ0v) is 9.66. The van der Waals surface area contributed by atoms with Crippen molar-refractivity contribution in [2.75, 3.05) is 0 Å². The highest BCUT2D eigenvalue weighted by Gasteiger charge is 2.38. The van der Waals surface area contributed by atoms with Crippen molar-refractivity contribution in [3.8, 4) is 0 Å². The summed E-state index contributed by atoms with van der Waals surface area (Å²) in [6.45, 7) is 0. The van der Waals surface area contributed by atoms with Crippen molar-refractivity contribution in [2.45, 2.75) is 12.3 Å². The largest absolute Gasteiger partial charge is 0.481 e. The van der Waals surface area contributed by atoms with Crippen molar-refractivity contribution >= 4 is 17.9 Å². The molecule has 0 heterocycles. The Labute approximate surface area is 107 Å². The van der Waals surface area contributed by atoms with Crippen LogP contribution in [-0.2, 0) is 20.8 Å². The van der Waals surface area contributed by atoms with Crippen LogP contribution < -0.4 is 0 Å². The molecule has 0 aromatic heterocycles. The molecule has 0 saturated carbocycles. The molecule has 1 atom stereocenters. The Hall–Kier alpha value is -2.63. The summed E-state index contributed by atoms with van der Waals surface area (Å²) in [6.07, 6.45) is -0.0864. The molecule has 19 heavy (non-hydrogen) atoms. The topological polar surface area (TPSA) is 112 Å². The molecule has 0 amide bonds. The first-order chi connectivity index (χ1) is 8.93. The van der Waals surface area contributed by atoms with Gasteiger partial charge in [-0.2, -0.15) is 0 Å². The second-order valence-corrected chi connectivity index (χ2v) is 4.15. The fourth-order valence-electron chi connectivity index (χ4n) is 2.29. The predicted octanol–water partition coefficient (Wildman–Crippen LogP) is 0.877. The zero-order chi connectivity index (χ0) is 14.2. The lowest BCUT2D eigenvalue weighted by atomic mass is 9.78. The summed E-state index contributed by atoms with van der Waals surface area (Å²) >= 11 is 0. The average molecular weight is 262 g/mol. The third-order valence-corrected chi connectivity index (χ3v) is 3.08. The molecule has 3 N–H and O–H groups in total. The predicted molar refractivity (Wildman–Crippen MR) is 62.8 cm³/mol. The maximum Gasteiger partial charge on any atom is 0.333 e. The number of carboxylic acids is 3. The molecule has 0 aliphatic heterocycles. The van der Waals surface area contributed by atoms with Crippen molar-refractivity contribution in [2.24, 2.45) is 0 Å². The highest BCUT2D eigenvalue weighted by molar-refractivity contribution is 6.05. The molecule has 6 heteroatoms. The van der Waals surface area contributed by atoms with Crippen molar-refractivity contribution in [3.63, 3.8) is 0 Å². The van der Waals surface area contributed by atoms with Crippen molar-refractivity contribution < 1.29 is 29.7 Å². The molecule has 0 bridgehead atoms. The smallest absolute Gasteiger partial charge is 0.333 e. The van der Waals surface area contributed by atoms with Gasteiger partial charge in [0.25, 0.3) is 0 Å². The molecule has 0 spiro atoms. The Balaban J connectivity index is 2.72. The molecule has 0 fully saturated rings. The first kappa shape index (κ1) is 12.8. The van der Waals surface area contributed by atoms with Crippen LogP contribution in [0.4, 0.5) is 0 Å². The molecule has 98 valence electrons. The highest BCUT2D eigenvalue weighted by atomic mass is 16.4. The third kappa shape index (κ3) is 2.08. The van der Waals surface area contributed by atoms with Gasteiger partial charge in [0, 0.05) is 6.42 Å². The third-order valence-electron chi connectivity index (χ3n) is 3.08. The van der Waals surface area contributed by atoms with E-state index in [4.69, 9.17) is 10.2 Å². The number of rotatable bonds is 3. The van der Waals surface area contributed by atoms with Crippen LogP contribution in [0.3, 0.4) is 0 Å². The van der Waals surface area contributed by atoms with Crippen LogP contribution in [0.15, 0.2) is 35.4 Å². The molecule has 1 aromatic carbocycles. The second kappa shape index (κ2) is 4.56. The molecule has 6 nitrogen and oxygen atoms in total. The van der Waals surface area contributed by atoms with E-state index in [1.54, 1.807) is 18.2 Å². The molecule has 0 saturated heterocycles. The fourth-order valence-corrected chi connectivity index (χ4v) is 2.29. The summed E-state index contributed by atoms with van der Waals surface area (Å²) in [6, 6.07) is 6.37. The quantitative estimate of drug-likeness (QED) is 0.745. The van der Waals surface area contributed by atoms with Crippen LogP contribution in [-0.4, -0.2) is 33.2 Å². The van der Waals surface area contributed by atoms with Crippen LogP contribution in [0.5, 0.6) is 0 Å². The fraction of sp³-hybridized carbons (Fsp3) is 0.154. The minimum atomic E-state index is -1.51. The van der Waals surface area contributed by atoms with Crippen molar-refractivity contribution in [1.82, 2.24) is 0 Å². The molecular weight excluding hydrogens is 252 g/mol. The number of aliphatic carboxylic acids is 3. The van der Waals surface area contributed by atoms with Crippen LogP contribution in [0, 0.1) is 0 Å². The lowest BCUT2D eigenvalue weighted by Crippen LogP contribution is -2.28. The molecule has 0 radical (unpaired) electrons. The van der Waals surface area contributed by atoms with E-state index in [9.17, 15) is 19.5 Å². The number of benzene rings is 1. The van der Waals surface area contributed by atoms with E-state index in [1.807, 2.05) is 0 Å². The summed E-state index contributed by atoms with van der Waals surface area (Å²) in [7, 11) is 0. The summed E-state index contributed by atoms with van der Waals surface area (Å²) in [5.74, 6) is -5.74. The molecule has 2 rings (SSSR count). The molecule has 1 aromatic rings. The number of hydrogen-bond donors (Lipinski definition) is 3. The van der Waals surface area contributed by atoms with E-state index >= 15 is 0 Å². The molecule has 1 unspecified atom stereocenters. The van der Waals surface area contributed by atoms with Crippen molar-refractivity contribution in [1.29, 1.82) is 0 Å². The van der Waals surface area contributed by atoms with Gasteiger partial charge >= 0.3 is 17.9 Å². The molecule has 1 aliphatic rings. The Kier molecular flexibility index (Phi) is 3.08. The van der Waals surface area contributed by atoms with E-state index in [2.05, 4.69) is 0 Å². The number of carboxylic acid groups (broad SMARTS) is 3. The summed E-state index contributed by atoms with van der Waals surface area (Å²) in [4.78, 5) is 33.7. The summed E-state index contributed by atoms with van der Waals surface area (Å²) in [5, 5.41) is 27.4. The average Bonchev–Trinajstić information content (AvgIpc) is 2.35. The van der Waals surface area contributed by atoms with Crippen LogP contribution in [0.25, 0.3) is 0 Å². The minimum absolute atomic E-state index is 0.0864. The monoisotopic (exact) mass is 262 g/mol. The normalized spacial score (nSPS) is 17.8. The zero-order valence-electron chi connectivity index (χ0n) is 9.66. The van der Waals surface area contributed by atoms with Crippen LogP contribution >= 0.6 is 0 Å². The Morgan fingerprint density at radius 1 is 1.00 bits per heavy atom. The van der Waals surface area contributed by atoms with Gasteiger partial charge in [-0.05, 0) is 11.1 Å². The van der Waals surface area contributed by atoms with Gasteiger partial charge in [-0.1, -0.05) is 24.3 Å². The van der Waals surface area contributed by atoms with Gasteiger partial charge in [0.15, 0.2) is 0 Å². The van der Waals surface area contributed by atoms with Gasteiger partial charge in [0.1, 0.15) is 5.92 Å². The van der Waals surface area contributed by atoms with Gasteiger partial charge < -0.3 is 15.3 Å². The van der Waals surface area contributed by atoms with Crippen LogP contribution in [0.2, 0.25) is 0 Å². The standard InChI is InChI=1S/C13H10O6/c14-11(15)8-5-6-3-1-2-4-7(6)9(12(16)17)10(8)13(18)19/h1-4,9H,5H2,(H,14,15)(H,16,17)(H,18,19). The lowest BCUT2D eigenvalue weighted by molar-refractivity contribution is -0.141. The molecule has 1 aliphatic carbocycles. The SMILES string of the molecule is O=C(O)C1=C(C(=O)O)C(C(=O)O)c2ccccc2C1. The summed E-state index contributed by atoms with van der Waals surface area (Å²) in [5.41, 5.74) is -0.0907. The first-order valence-electron chi connectivity index (χ1n) is 5.43. The van der Waals surface area contributed by atoms with Gasteiger partial charge in [0.2, 0.25) is 0 Å². The molecular formula is C13H10O6.